The van der Waals surface area contributed by atoms with Gasteiger partial charge in [-0.15, -0.1) is 0 Å². The van der Waals surface area contributed by atoms with Crippen LogP contribution in [0.1, 0.15) is 44.9 Å². The maximum absolute atomic E-state index is 12.3. The van der Waals surface area contributed by atoms with Crippen LogP contribution in [0.15, 0.2) is 41.5 Å². The molecule has 0 atom stereocenters. The first-order chi connectivity index (χ1) is 12.0. The molecule has 0 saturated heterocycles. The summed E-state index contributed by atoms with van der Waals surface area (Å²) >= 11 is 0. The molecule has 1 aliphatic carbocycles. The molecular weight excluding hydrogens is 324 g/mol. The van der Waals surface area contributed by atoms with Gasteiger partial charge in [-0.05, 0) is 36.5 Å². The Morgan fingerprint density at radius 2 is 1.60 bits per heavy atom. The molecule has 0 heterocycles. The van der Waals surface area contributed by atoms with Crippen LogP contribution >= 0.6 is 0 Å². The van der Waals surface area contributed by atoms with Gasteiger partial charge < -0.3 is 14.9 Å². The van der Waals surface area contributed by atoms with Gasteiger partial charge in [-0.3, -0.25) is 9.59 Å². The maximum atomic E-state index is 12.3. The number of benzene rings is 1. The Bertz CT molecular complexity index is 656. The van der Waals surface area contributed by atoms with E-state index in [2.05, 4.69) is 0 Å². The van der Waals surface area contributed by atoms with Crippen LogP contribution in [-0.2, 0) is 14.4 Å². The highest BCUT2D eigenvalue weighted by atomic mass is 16.5. The normalized spacial score (nSPS) is 16.0. The first-order valence-corrected chi connectivity index (χ1v) is 8.40. The molecule has 1 aliphatic rings. The number of aliphatic carboxylic acids is 2. The van der Waals surface area contributed by atoms with Crippen molar-refractivity contribution in [2.24, 2.45) is 5.92 Å². The van der Waals surface area contributed by atoms with Crippen molar-refractivity contribution in [3.05, 3.63) is 41.5 Å². The third-order valence-electron chi connectivity index (χ3n) is 4.38. The molecule has 1 fully saturated rings. The molecule has 134 valence electrons. The van der Waals surface area contributed by atoms with Gasteiger partial charge in [0, 0.05) is 5.57 Å². The molecule has 2 rings (SSSR count). The highest BCUT2D eigenvalue weighted by Gasteiger charge is 2.27. The maximum Gasteiger partial charge on any atom is 0.332 e. The zero-order valence-electron chi connectivity index (χ0n) is 13.9. The van der Waals surface area contributed by atoms with E-state index in [4.69, 9.17) is 9.84 Å². The number of hydrogen-bond acceptors (Lipinski definition) is 4. The molecule has 0 spiro atoms. The van der Waals surface area contributed by atoms with Crippen LogP contribution in [0.4, 0.5) is 0 Å². The summed E-state index contributed by atoms with van der Waals surface area (Å²) in [4.78, 5) is 34.9. The molecule has 0 aromatic heterocycles. The minimum absolute atomic E-state index is 0.0810. The summed E-state index contributed by atoms with van der Waals surface area (Å²) in [6.07, 6.45) is 3.70. The number of hydrogen-bond donors (Lipinski definition) is 2. The second-order valence-corrected chi connectivity index (χ2v) is 6.18. The molecule has 1 saturated carbocycles. The van der Waals surface area contributed by atoms with E-state index in [0.717, 1.165) is 32.1 Å². The van der Waals surface area contributed by atoms with Crippen molar-refractivity contribution in [1.29, 1.82) is 0 Å². The minimum atomic E-state index is -1.28. The summed E-state index contributed by atoms with van der Waals surface area (Å²) in [6.45, 7) is 0. The topological polar surface area (TPSA) is 101 Å². The molecule has 6 nitrogen and oxygen atoms in total. The molecule has 6 heteroatoms. The van der Waals surface area contributed by atoms with Gasteiger partial charge in [0.1, 0.15) is 5.75 Å². The molecule has 1 aromatic carbocycles. The Hall–Kier alpha value is -2.63. The van der Waals surface area contributed by atoms with Crippen molar-refractivity contribution in [3.63, 3.8) is 0 Å². The van der Waals surface area contributed by atoms with Crippen molar-refractivity contribution >= 4 is 17.9 Å². The van der Waals surface area contributed by atoms with Gasteiger partial charge in [0.2, 0.25) is 0 Å². The molecule has 0 aliphatic heterocycles. The first-order valence-electron chi connectivity index (χ1n) is 8.40. The fourth-order valence-electron chi connectivity index (χ4n) is 3.24. The summed E-state index contributed by atoms with van der Waals surface area (Å²) in [5.41, 5.74) is 0.208. The molecule has 0 radical (unpaired) electrons. The number of carbonyl (C=O) groups is 3. The second-order valence-electron chi connectivity index (χ2n) is 6.18. The summed E-state index contributed by atoms with van der Waals surface area (Å²) in [5.74, 6) is -2.78. The predicted octanol–water partition coefficient (Wildman–Crippen LogP) is 3.42. The number of carboxylic acid groups (broad SMARTS) is 2. The van der Waals surface area contributed by atoms with Crippen LogP contribution in [0.3, 0.4) is 0 Å². The Morgan fingerprint density at radius 1 is 0.960 bits per heavy atom. The van der Waals surface area contributed by atoms with E-state index in [9.17, 15) is 19.5 Å². The number of rotatable bonds is 7. The van der Waals surface area contributed by atoms with Gasteiger partial charge in [-0.25, -0.2) is 4.79 Å². The number of carboxylic acids is 2. The van der Waals surface area contributed by atoms with Gasteiger partial charge in [-0.2, -0.15) is 0 Å². The van der Waals surface area contributed by atoms with Crippen LogP contribution in [0.25, 0.3) is 0 Å². The van der Waals surface area contributed by atoms with Crippen molar-refractivity contribution in [3.8, 4) is 5.75 Å². The molecule has 1 aromatic rings. The molecule has 0 unspecified atom stereocenters. The van der Waals surface area contributed by atoms with E-state index in [0.29, 0.717) is 11.3 Å². The van der Waals surface area contributed by atoms with Crippen molar-refractivity contribution in [2.45, 2.75) is 44.9 Å². The lowest BCUT2D eigenvalue weighted by Gasteiger charge is -2.25. The fourth-order valence-corrected chi connectivity index (χ4v) is 3.24. The zero-order chi connectivity index (χ0) is 18.2. The molecule has 0 amide bonds. The minimum Gasteiger partial charge on any atom is -0.481 e. The first kappa shape index (κ1) is 18.7. The van der Waals surface area contributed by atoms with Gasteiger partial charge in [0.05, 0.1) is 12.8 Å². The van der Waals surface area contributed by atoms with Crippen molar-refractivity contribution < 1.29 is 29.3 Å². The smallest absolute Gasteiger partial charge is 0.332 e. The fraction of sp³-hybridized carbons (Fsp3) is 0.421. The SMILES string of the molecule is O=C(O)CC(C(=O)O)=C(CC(=O)Oc1ccccc1)C1CCCCC1. The quantitative estimate of drug-likeness (QED) is 0.446. The Labute approximate surface area is 146 Å². The van der Waals surface area contributed by atoms with Gasteiger partial charge in [0.15, 0.2) is 0 Å². The van der Waals surface area contributed by atoms with Crippen LogP contribution in [0.2, 0.25) is 0 Å². The van der Waals surface area contributed by atoms with Crippen LogP contribution < -0.4 is 4.74 Å². The van der Waals surface area contributed by atoms with E-state index >= 15 is 0 Å². The Morgan fingerprint density at radius 3 is 2.16 bits per heavy atom. The highest BCUT2D eigenvalue weighted by Crippen LogP contribution is 2.34. The lowest BCUT2D eigenvalue weighted by Crippen LogP contribution is -2.21. The average molecular weight is 346 g/mol. The molecular formula is C19H22O6. The largest absolute Gasteiger partial charge is 0.481 e. The monoisotopic (exact) mass is 346 g/mol. The van der Waals surface area contributed by atoms with Gasteiger partial charge in [0.25, 0.3) is 0 Å². The van der Waals surface area contributed by atoms with Gasteiger partial charge >= 0.3 is 17.9 Å². The van der Waals surface area contributed by atoms with E-state index in [-0.39, 0.29) is 17.9 Å². The Kier molecular flexibility index (Phi) is 6.74. The van der Waals surface area contributed by atoms with Gasteiger partial charge in [-0.1, -0.05) is 37.5 Å². The summed E-state index contributed by atoms with van der Waals surface area (Å²) in [7, 11) is 0. The molecule has 25 heavy (non-hydrogen) atoms. The lowest BCUT2D eigenvalue weighted by atomic mass is 9.80. The highest BCUT2D eigenvalue weighted by molar-refractivity contribution is 5.94. The van der Waals surface area contributed by atoms with Crippen LogP contribution in [0, 0.1) is 5.92 Å². The predicted molar refractivity (Wildman–Crippen MR) is 90.2 cm³/mol. The van der Waals surface area contributed by atoms with Crippen molar-refractivity contribution in [1.82, 2.24) is 0 Å². The standard InChI is InChI=1S/C19H22O6/c20-17(21)11-16(19(23)24)15(13-7-3-1-4-8-13)12-18(22)25-14-9-5-2-6-10-14/h2,5-6,9-10,13H,1,3-4,7-8,11-12H2,(H,20,21)(H,23,24). The number of carbonyl (C=O) groups excluding carboxylic acids is 1. The zero-order valence-corrected chi connectivity index (χ0v) is 13.9. The Balaban J connectivity index is 2.25. The second kappa shape index (κ2) is 9.01. The molecule has 2 N–H and O–H groups in total. The third kappa shape index (κ3) is 5.74. The summed E-state index contributed by atoms with van der Waals surface area (Å²) in [6, 6.07) is 8.52. The number of ether oxygens (including phenoxy) is 1. The summed E-state index contributed by atoms with van der Waals surface area (Å²) < 4.78 is 5.26. The van der Waals surface area contributed by atoms with E-state index < -0.39 is 24.3 Å². The van der Waals surface area contributed by atoms with Crippen LogP contribution in [-0.4, -0.2) is 28.1 Å². The van der Waals surface area contributed by atoms with Crippen LogP contribution in [0.5, 0.6) is 5.75 Å². The average Bonchev–Trinajstić information content (AvgIpc) is 2.59. The number of para-hydroxylation sites is 1. The number of esters is 1. The summed E-state index contributed by atoms with van der Waals surface area (Å²) in [5, 5.41) is 18.5. The molecule has 0 bridgehead atoms. The van der Waals surface area contributed by atoms with E-state index in [1.807, 2.05) is 0 Å². The van der Waals surface area contributed by atoms with E-state index in [1.54, 1.807) is 30.3 Å². The van der Waals surface area contributed by atoms with Crippen molar-refractivity contribution in [2.75, 3.05) is 0 Å². The van der Waals surface area contributed by atoms with E-state index in [1.165, 1.54) is 0 Å². The lowest BCUT2D eigenvalue weighted by molar-refractivity contribution is -0.140. The third-order valence-corrected chi connectivity index (χ3v) is 4.38.